The van der Waals surface area contributed by atoms with E-state index >= 15 is 0 Å². The summed E-state index contributed by atoms with van der Waals surface area (Å²) in [5, 5.41) is 3.43. The van der Waals surface area contributed by atoms with Crippen LogP contribution in [-0.2, 0) is 4.74 Å². The zero-order valence-corrected chi connectivity index (χ0v) is 6.18. The molecule has 54 valence electrons. The van der Waals surface area contributed by atoms with Gasteiger partial charge in [0.25, 0.3) is 0 Å². The molecule has 2 nitrogen and oxygen atoms in total. The van der Waals surface area contributed by atoms with E-state index in [4.69, 9.17) is 4.74 Å². The molecule has 1 fully saturated rings. The summed E-state index contributed by atoms with van der Waals surface area (Å²) in [5.41, 5.74) is 0. The highest BCUT2D eigenvalue weighted by Gasteiger charge is 2.18. The molecule has 0 saturated carbocycles. The number of hydrogen-bond donors (Lipinski definition) is 1. The average molecular weight is 129 g/mol. The quantitative estimate of drug-likeness (QED) is 0.594. The highest BCUT2D eigenvalue weighted by atomic mass is 16.5. The molecule has 0 aliphatic carbocycles. The summed E-state index contributed by atoms with van der Waals surface area (Å²) in [6.45, 7) is 3.08. The molecular formula is C7H15NO. The molecular weight excluding hydrogens is 114 g/mol. The number of methoxy groups -OCH3 is 1. The third-order valence-electron chi connectivity index (χ3n) is 1.84. The predicted molar refractivity (Wildman–Crippen MR) is 37.5 cm³/mol. The van der Waals surface area contributed by atoms with Crippen molar-refractivity contribution in [3.63, 3.8) is 0 Å². The monoisotopic (exact) mass is 129 g/mol. The molecule has 0 aromatic heterocycles. The second kappa shape index (κ2) is 3.18. The first-order chi connectivity index (χ1) is 4.33. The van der Waals surface area contributed by atoms with Crippen LogP contribution in [0.15, 0.2) is 0 Å². The standard InChI is InChI=1S/C7H15NO/c1-6-3-4-7(8-6)5-9-2/h6-8H,3-5H2,1-2H3/t6-,7?/m0/s1. The molecule has 2 atom stereocenters. The smallest absolute Gasteiger partial charge is 0.0615 e. The van der Waals surface area contributed by atoms with Crippen molar-refractivity contribution in [2.45, 2.75) is 31.8 Å². The van der Waals surface area contributed by atoms with Crippen LogP contribution >= 0.6 is 0 Å². The van der Waals surface area contributed by atoms with Crippen molar-refractivity contribution in [1.82, 2.24) is 5.32 Å². The van der Waals surface area contributed by atoms with Crippen LogP contribution in [0.25, 0.3) is 0 Å². The molecule has 2 heteroatoms. The van der Waals surface area contributed by atoms with Gasteiger partial charge in [-0.25, -0.2) is 0 Å². The van der Waals surface area contributed by atoms with E-state index in [1.54, 1.807) is 7.11 Å². The van der Waals surface area contributed by atoms with E-state index in [2.05, 4.69) is 12.2 Å². The first-order valence-corrected chi connectivity index (χ1v) is 3.58. The van der Waals surface area contributed by atoms with Crippen LogP contribution in [0.3, 0.4) is 0 Å². The molecule has 0 bridgehead atoms. The summed E-state index contributed by atoms with van der Waals surface area (Å²) in [6, 6.07) is 1.31. The topological polar surface area (TPSA) is 21.3 Å². The zero-order chi connectivity index (χ0) is 6.69. The van der Waals surface area contributed by atoms with Gasteiger partial charge in [0, 0.05) is 19.2 Å². The van der Waals surface area contributed by atoms with E-state index in [9.17, 15) is 0 Å². The lowest BCUT2D eigenvalue weighted by Gasteiger charge is -2.08. The van der Waals surface area contributed by atoms with Gasteiger partial charge in [0.1, 0.15) is 0 Å². The minimum atomic E-state index is 0.616. The predicted octanol–water partition coefficient (Wildman–Crippen LogP) is 0.773. The average Bonchev–Trinajstić information content (AvgIpc) is 2.17. The summed E-state index contributed by atoms with van der Waals surface area (Å²) in [6.07, 6.45) is 2.57. The van der Waals surface area contributed by atoms with Crippen LogP contribution in [0, 0.1) is 0 Å². The van der Waals surface area contributed by atoms with Crippen LogP contribution in [0.5, 0.6) is 0 Å². The van der Waals surface area contributed by atoms with Crippen LogP contribution in [0.4, 0.5) is 0 Å². The van der Waals surface area contributed by atoms with E-state index in [1.807, 2.05) is 0 Å². The molecule has 1 aliphatic rings. The van der Waals surface area contributed by atoms with Crippen molar-refractivity contribution in [3.8, 4) is 0 Å². The fraction of sp³-hybridized carbons (Fsp3) is 1.00. The summed E-state index contributed by atoms with van der Waals surface area (Å²) in [7, 11) is 1.75. The SMILES string of the molecule is COCC1CC[C@H](C)N1. The Labute approximate surface area is 56.6 Å². The molecule has 1 saturated heterocycles. The maximum Gasteiger partial charge on any atom is 0.0615 e. The van der Waals surface area contributed by atoms with Gasteiger partial charge in [-0.1, -0.05) is 0 Å². The van der Waals surface area contributed by atoms with Gasteiger partial charge >= 0.3 is 0 Å². The molecule has 1 N–H and O–H groups in total. The minimum Gasteiger partial charge on any atom is -0.383 e. The van der Waals surface area contributed by atoms with Crippen molar-refractivity contribution < 1.29 is 4.74 Å². The number of ether oxygens (including phenoxy) is 1. The van der Waals surface area contributed by atoms with E-state index in [1.165, 1.54) is 12.8 Å². The molecule has 1 rings (SSSR count). The molecule has 1 aliphatic heterocycles. The second-order valence-corrected chi connectivity index (χ2v) is 2.80. The molecule has 9 heavy (non-hydrogen) atoms. The molecule has 1 heterocycles. The first-order valence-electron chi connectivity index (χ1n) is 3.58. The minimum absolute atomic E-state index is 0.616. The zero-order valence-electron chi connectivity index (χ0n) is 6.18. The highest BCUT2D eigenvalue weighted by Crippen LogP contribution is 2.10. The Kier molecular flexibility index (Phi) is 2.49. The maximum absolute atomic E-state index is 5.01. The van der Waals surface area contributed by atoms with Gasteiger partial charge < -0.3 is 10.1 Å². The Bertz CT molecular complexity index is 83.0. The Morgan fingerprint density at radius 3 is 2.78 bits per heavy atom. The van der Waals surface area contributed by atoms with Gasteiger partial charge in [-0.3, -0.25) is 0 Å². The molecule has 0 radical (unpaired) electrons. The number of hydrogen-bond acceptors (Lipinski definition) is 2. The van der Waals surface area contributed by atoms with Crippen molar-refractivity contribution in [2.75, 3.05) is 13.7 Å². The normalized spacial score (nSPS) is 35.3. The molecule has 0 spiro atoms. The van der Waals surface area contributed by atoms with Gasteiger partial charge in [0.2, 0.25) is 0 Å². The summed E-state index contributed by atoms with van der Waals surface area (Å²) < 4.78 is 5.01. The fourth-order valence-corrected chi connectivity index (χ4v) is 1.35. The summed E-state index contributed by atoms with van der Waals surface area (Å²) in [4.78, 5) is 0. The van der Waals surface area contributed by atoms with Crippen LogP contribution in [0.2, 0.25) is 0 Å². The van der Waals surface area contributed by atoms with Gasteiger partial charge in [-0.15, -0.1) is 0 Å². The molecule has 0 amide bonds. The lowest BCUT2D eigenvalue weighted by molar-refractivity contribution is 0.172. The molecule has 1 unspecified atom stereocenters. The Hall–Kier alpha value is -0.0800. The van der Waals surface area contributed by atoms with Gasteiger partial charge in [-0.2, -0.15) is 0 Å². The van der Waals surface area contributed by atoms with Gasteiger partial charge in [-0.05, 0) is 19.8 Å². The fourth-order valence-electron chi connectivity index (χ4n) is 1.35. The Morgan fingerprint density at radius 2 is 2.33 bits per heavy atom. The van der Waals surface area contributed by atoms with Crippen LogP contribution in [-0.4, -0.2) is 25.8 Å². The molecule has 0 aromatic carbocycles. The van der Waals surface area contributed by atoms with Gasteiger partial charge in [0.05, 0.1) is 6.61 Å². The van der Waals surface area contributed by atoms with E-state index < -0.39 is 0 Å². The lowest BCUT2D eigenvalue weighted by Crippen LogP contribution is -2.30. The number of rotatable bonds is 2. The van der Waals surface area contributed by atoms with E-state index in [-0.39, 0.29) is 0 Å². The van der Waals surface area contributed by atoms with Crippen LogP contribution < -0.4 is 5.32 Å². The first kappa shape index (κ1) is 7.03. The van der Waals surface area contributed by atoms with Crippen molar-refractivity contribution in [3.05, 3.63) is 0 Å². The van der Waals surface area contributed by atoms with Crippen molar-refractivity contribution >= 4 is 0 Å². The van der Waals surface area contributed by atoms with E-state index in [0.717, 1.165) is 6.61 Å². The maximum atomic E-state index is 5.01. The Balaban J connectivity index is 2.14. The molecule has 0 aromatic rings. The third kappa shape index (κ3) is 1.95. The summed E-state index contributed by atoms with van der Waals surface area (Å²) in [5.74, 6) is 0. The lowest BCUT2D eigenvalue weighted by atomic mass is 10.2. The summed E-state index contributed by atoms with van der Waals surface area (Å²) >= 11 is 0. The second-order valence-electron chi connectivity index (χ2n) is 2.80. The largest absolute Gasteiger partial charge is 0.383 e. The van der Waals surface area contributed by atoms with Crippen LogP contribution in [0.1, 0.15) is 19.8 Å². The van der Waals surface area contributed by atoms with Crippen molar-refractivity contribution in [1.29, 1.82) is 0 Å². The van der Waals surface area contributed by atoms with Gasteiger partial charge in [0.15, 0.2) is 0 Å². The van der Waals surface area contributed by atoms with E-state index in [0.29, 0.717) is 12.1 Å². The van der Waals surface area contributed by atoms with Crippen molar-refractivity contribution in [2.24, 2.45) is 0 Å². The number of nitrogens with one attached hydrogen (secondary N) is 1. The highest BCUT2D eigenvalue weighted by molar-refractivity contribution is 4.79. The Morgan fingerprint density at radius 1 is 1.56 bits per heavy atom. The third-order valence-corrected chi connectivity index (χ3v) is 1.84.